The zero-order valence-electron chi connectivity index (χ0n) is 12.1. The van der Waals surface area contributed by atoms with Crippen LogP contribution in [0.5, 0.6) is 5.75 Å². The predicted molar refractivity (Wildman–Crippen MR) is 80.8 cm³/mol. The number of rotatable bonds is 5. The molecule has 1 aromatic heterocycles. The van der Waals surface area contributed by atoms with Crippen LogP contribution < -0.4 is 4.74 Å². The first-order chi connectivity index (χ1) is 10.7. The Morgan fingerprint density at radius 2 is 2.27 bits per heavy atom. The third kappa shape index (κ3) is 3.97. The van der Waals surface area contributed by atoms with Crippen molar-refractivity contribution in [3.05, 3.63) is 41.2 Å². The van der Waals surface area contributed by atoms with Crippen molar-refractivity contribution in [2.45, 2.75) is 38.2 Å². The predicted octanol–water partition coefficient (Wildman–Crippen LogP) is 2.05. The van der Waals surface area contributed by atoms with Gasteiger partial charge in [0.1, 0.15) is 18.1 Å². The highest BCUT2D eigenvalue weighted by atomic mass is 35.5. The van der Waals surface area contributed by atoms with Gasteiger partial charge in [0, 0.05) is 13.0 Å². The van der Waals surface area contributed by atoms with Crippen LogP contribution in [0, 0.1) is 0 Å². The number of benzene rings is 1. The van der Waals surface area contributed by atoms with Crippen LogP contribution in [0.25, 0.3) is 0 Å². The average Bonchev–Trinajstić information content (AvgIpc) is 2.94. The van der Waals surface area contributed by atoms with Gasteiger partial charge in [0.2, 0.25) is 0 Å². The van der Waals surface area contributed by atoms with Gasteiger partial charge >= 0.3 is 0 Å². The Bertz CT molecular complexity index is 620. The van der Waals surface area contributed by atoms with E-state index in [9.17, 15) is 5.11 Å². The van der Waals surface area contributed by atoms with Crippen molar-refractivity contribution in [1.29, 1.82) is 0 Å². The summed E-state index contributed by atoms with van der Waals surface area (Å²) in [6.07, 6.45) is 2.84. The molecule has 1 saturated heterocycles. The molecule has 3 rings (SSSR count). The van der Waals surface area contributed by atoms with E-state index in [0.29, 0.717) is 43.4 Å². The lowest BCUT2D eigenvalue weighted by Crippen LogP contribution is -2.32. The number of ether oxygens (including phenoxy) is 2. The molecule has 0 amide bonds. The second kappa shape index (κ2) is 7.09. The SMILES string of the molecule is OC1CCOC(Cn2cc(COc3ccccc3Cl)nn2)C1. The summed E-state index contributed by atoms with van der Waals surface area (Å²) in [5.74, 6) is 0.623. The van der Waals surface area contributed by atoms with E-state index < -0.39 is 0 Å². The fourth-order valence-electron chi connectivity index (χ4n) is 2.40. The minimum atomic E-state index is -0.287. The molecule has 1 aliphatic heterocycles. The molecule has 0 aliphatic carbocycles. The van der Waals surface area contributed by atoms with Gasteiger partial charge in [-0.3, -0.25) is 0 Å². The molecule has 6 nitrogen and oxygen atoms in total. The molecule has 22 heavy (non-hydrogen) atoms. The summed E-state index contributed by atoms with van der Waals surface area (Å²) in [7, 11) is 0. The van der Waals surface area contributed by atoms with E-state index in [0.717, 1.165) is 5.69 Å². The molecular weight excluding hydrogens is 306 g/mol. The summed E-state index contributed by atoms with van der Waals surface area (Å²) in [5, 5.41) is 18.3. The number of hydrogen-bond donors (Lipinski definition) is 1. The molecule has 118 valence electrons. The van der Waals surface area contributed by atoms with Crippen LogP contribution in [0.4, 0.5) is 0 Å². The highest BCUT2D eigenvalue weighted by molar-refractivity contribution is 6.32. The van der Waals surface area contributed by atoms with Crippen molar-refractivity contribution < 1.29 is 14.6 Å². The Labute approximate surface area is 133 Å². The molecule has 7 heteroatoms. The Balaban J connectivity index is 1.54. The van der Waals surface area contributed by atoms with E-state index in [1.165, 1.54) is 0 Å². The van der Waals surface area contributed by atoms with E-state index >= 15 is 0 Å². The van der Waals surface area contributed by atoms with Gasteiger partial charge in [0.25, 0.3) is 0 Å². The molecule has 2 aromatic rings. The topological polar surface area (TPSA) is 69.4 Å². The Hall–Kier alpha value is -1.63. The molecule has 0 spiro atoms. The number of nitrogens with zero attached hydrogens (tertiary/aromatic N) is 3. The lowest BCUT2D eigenvalue weighted by atomic mass is 10.1. The van der Waals surface area contributed by atoms with Gasteiger partial charge in [-0.2, -0.15) is 0 Å². The van der Waals surface area contributed by atoms with E-state index in [1.54, 1.807) is 10.7 Å². The summed E-state index contributed by atoms with van der Waals surface area (Å²) in [5.41, 5.74) is 0.719. The van der Waals surface area contributed by atoms with Crippen LogP contribution in [-0.2, 0) is 17.9 Å². The summed E-state index contributed by atoms with van der Waals surface area (Å²) >= 11 is 6.03. The number of aromatic nitrogens is 3. The van der Waals surface area contributed by atoms with Crippen molar-refractivity contribution in [3.8, 4) is 5.75 Å². The van der Waals surface area contributed by atoms with Crippen LogP contribution in [0.15, 0.2) is 30.5 Å². The van der Waals surface area contributed by atoms with Gasteiger partial charge in [-0.1, -0.05) is 28.9 Å². The van der Waals surface area contributed by atoms with E-state index in [-0.39, 0.29) is 12.2 Å². The van der Waals surface area contributed by atoms with Crippen LogP contribution in [0.2, 0.25) is 5.02 Å². The number of para-hydroxylation sites is 1. The minimum Gasteiger partial charge on any atom is -0.486 e. The number of halogens is 1. The molecule has 0 saturated carbocycles. The first kappa shape index (κ1) is 15.3. The highest BCUT2D eigenvalue weighted by Crippen LogP contribution is 2.23. The Morgan fingerprint density at radius 1 is 1.41 bits per heavy atom. The fraction of sp³-hybridized carbons (Fsp3) is 0.467. The fourth-order valence-corrected chi connectivity index (χ4v) is 2.59. The normalized spacial score (nSPS) is 21.7. The van der Waals surface area contributed by atoms with Crippen LogP contribution >= 0.6 is 11.6 Å². The zero-order chi connectivity index (χ0) is 15.4. The second-order valence-corrected chi connectivity index (χ2v) is 5.73. The molecule has 1 fully saturated rings. The molecule has 2 atom stereocenters. The van der Waals surface area contributed by atoms with Crippen molar-refractivity contribution in [1.82, 2.24) is 15.0 Å². The van der Waals surface area contributed by atoms with Crippen molar-refractivity contribution in [3.63, 3.8) is 0 Å². The highest BCUT2D eigenvalue weighted by Gasteiger charge is 2.21. The maximum absolute atomic E-state index is 9.64. The molecule has 0 radical (unpaired) electrons. The van der Waals surface area contributed by atoms with Gasteiger partial charge in [0.05, 0.1) is 30.0 Å². The number of aliphatic hydroxyl groups is 1. The first-order valence-electron chi connectivity index (χ1n) is 7.26. The van der Waals surface area contributed by atoms with Crippen LogP contribution in [0.3, 0.4) is 0 Å². The van der Waals surface area contributed by atoms with Crippen molar-refractivity contribution in [2.24, 2.45) is 0 Å². The molecule has 1 aliphatic rings. The standard InChI is InChI=1S/C15H18ClN3O3/c16-14-3-1-2-4-15(14)22-10-11-8-19(18-17-11)9-13-7-12(20)5-6-21-13/h1-4,8,12-13,20H,5-7,9-10H2. The van der Waals surface area contributed by atoms with E-state index in [2.05, 4.69) is 10.3 Å². The molecule has 2 unspecified atom stereocenters. The van der Waals surface area contributed by atoms with E-state index in [4.69, 9.17) is 21.1 Å². The maximum Gasteiger partial charge on any atom is 0.138 e. The van der Waals surface area contributed by atoms with Crippen LogP contribution in [0.1, 0.15) is 18.5 Å². The zero-order valence-corrected chi connectivity index (χ0v) is 12.8. The third-order valence-electron chi connectivity index (χ3n) is 3.53. The first-order valence-corrected chi connectivity index (χ1v) is 7.64. The molecule has 1 aromatic carbocycles. The average molecular weight is 324 g/mol. The molecular formula is C15H18ClN3O3. The summed E-state index contributed by atoms with van der Waals surface area (Å²) in [4.78, 5) is 0. The summed E-state index contributed by atoms with van der Waals surface area (Å²) in [6, 6.07) is 7.30. The monoisotopic (exact) mass is 323 g/mol. The Morgan fingerprint density at radius 3 is 3.09 bits per heavy atom. The molecule has 2 heterocycles. The second-order valence-electron chi connectivity index (χ2n) is 5.32. The number of hydrogen-bond acceptors (Lipinski definition) is 5. The van der Waals surface area contributed by atoms with Gasteiger partial charge in [-0.25, -0.2) is 4.68 Å². The maximum atomic E-state index is 9.64. The number of aliphatic hydroxyl groups excluding tert-OH is 1. The van der Waals surface area contributed by atoms with Gasteiger partial charge in [-0.05, 0) is 18.6 Å². The van der Waals surface area contributed by atoms with Gasteiger partial charge in [0.15, 0.2) is 0 Å². The quantitative estimate of drug-likeness (QED) is 0.912. The smallest absolute Gasteiger partial charge is 0.138 e. The largest absolute Gasteiger partial charge is 0.486 e. The van der Waals surface area contributed by atoms with Crippen molar-refractivity contribution in [2.75, 3.05) is 6.61 Å². The van der Waals surface area contributed by atoms with Crippen LogP contribution in [-0.4, -0.2) is 38.9 Å². The summed E-state index contributed by atoms with van der Waals surface area (Å²) in [6.45, 7) is 1.47. The third-order valence-corrected chi connectivity index (χ3v) is 3.84. The minimum absolute atomic E-state index is 0.0252. The van der Waals surface area contributed by atoms with E-state index in [1.807, 2.05) is 24.4 Å². The molecule has 1 N–H and O–H groups in total. The lowest BCUT2D eigenvalue weighted by molar-refractivity contribution is -0.0512. The summed E-state index contributed by atoms with van der Waals surface area (Å²) < 4.78 is 12.9. The Kier molecular flexibility index (Phi) is 4.92. The lowest BCUT2D eigenvalue weighted by Gasteiger charge is -2.26. The van der Waals surface area contributed by atoms with Crippen molar-refractivity contribution >= 4 is 11.6 Å². The van der Waals surface area contributed by atoms with Gasteiger partial charge < -0.3 is 14.6 Å². The molecule has 0 bridgehead atoms. The van der Waals surface area contributed by atoms with Gasteiger partial charge in [-0.15, -0.1) is 5.10 Å².